The lowest BCUT2D eigenvalue weighted by molar-refractivity contribution is -0.132. The molecule has 8 heteroatoms. The van der Waals surface area contributed by atoms with Crippen LogP contribution in [0.2, 0.25) is 0 Å². The van der Waals surface area contributed by atoms with Gasteiger partial charge in [-0.15, -0.1) is 0 Å². The van der Waals surface area contributed by atoms with Gasteiger partial charge in [-0.25, -0.2) is 0 Å². The van der Waals surface area contributed by atoms with Crippen molar-refractivity contribution in [1.82, 2.24) is 10.2 Å². The summed E-state index contributed by atoms with van der Waals surface area (Å²) >= 11 is 0. The van der Waals surface area contributed by atoms with Crippen LogP contribution >= 0.6 is 0 Å². The van der Waals surface area contributed by atoms with Gasteiger partial charge < -0.3 is 29.2 Å². The molecule has 8 nitrogen and oxygen atoms in total. The molecule has 1 aliphatic carbocycles. The van der Waals surface area contributed by atoms with E-state index < -0.39 is 0 Å². The fourth-order valence-corrected chi connectivity index (χ4v) is 4.05. The van der Waals surface area contributed by atoms with Crippen LogP contribution in [-0.2, 0) is 14.3 Å². The number of carbonyl (C=O) groups excluding carboxylic acids is 2. The third-order valence-corrected chi connectivity index (χ3v) is 5.83. The smallest absolute Gasteiger partial charge is 0.225 e. The first-order valence-electron chi connectivity index (χ1n) is 10.4. The predicted molar refractivity (Wildman–Crippen MR) is 111 cm³/mol. The summed E-state index contributed by atoms with van der Waals surface area (Å²) in [5.41, 5.74) is 0.896. The van der Waals surface area contributed by atoms with Crippen molar-refractivity contribution < 1.29 is 28.5 Å². The highest BCUT2D eigenvalue weighted by Crippen LogP contribution is 2.44. The number of amides is 2. The van der Waals surface area contributed by atoms with Gasteiger partial charge in [-0.1, -0.05) is 0 Å². The lowest BCUT2D eigenvalue weighted by atomic mass is 9.88. The Bertz CT molecular complexity index is 739. The molecule has 1 aliphatic heterocycles. The minimum absolute atomic E-state index is 0.0454. The Morgan fingerprint density at radius 2 is 1.70 bits per heavy atom. The first-order chi connectivity index (χ1) is 14.5. The van der Waals surface area contributed by atoms with Gasteiger partial charge >= 0.3 is 0 Å². The molecular weight excluding hydrogens is 388 g/mol. The van der Waals surface area contributed by atoms with Crippen LogP contribution in [0.5, 0.6) is 17.2 Å². The molecule has 0 radical (unpaired) electrons. The summed E-state index contributed by atoms with van der Waals surface area (Å²) < 4.78 is 21.4. The number of carbonyl (C=O) groups is 2. The highest BCUT2D eigenvalue weighted by atomic mass is 16.5. The SMILES string of the molecule is COCCCNC(=O)[C@@H]1CN(C(=O)C2CC2)C[C@H]1c1cc(OC)c(OC)c(OC)c1. The lowest BCUT2D eigenvalue weighted by Gasteiger charge is -2.21. The molecule has 1 aromatic carbocycles. The number of methoxy groups -OCH3 is 4. The number of benzene rings is 1. The number of ether oxygens (including phenoxy) is 4. The third-order valence-electron chi connectivity index (χ3n) is 5.83. The first kappa shape index (κ1) is 22.2. The molecule has 3 rings (SSSR count). The second-order valence-electron chi connectivity index (χ2n) is 7.83. The Morgan fingerprint density at radius 3 is 2.23 bits per heavy atom. The van der Waals surface area contributed by atoms with Gasteiger partial charge in [0, 0.05) is 45.2 Å². The minimum Gasteiger partial charge on any atom is -0.493 e. The molecule has 166 valence electrons. The number of nitrogens with zero attached hydrogens (tertiary/aromatic N) is 1. The minimum atomic E-state index is -0.335. The van der Waals surface area contributed by atoms with Crippen LogP contribution in [0, 0.1) is 11.8 Å². The van der Waals surface area contributed by atoms with Gasteiger partial charge in [0.05, 0.1) is 27.2 Å². The molecule has 1 aromatic rings. The molecule has 1 heterocycles. The van der Waals surface area contributed by atoms with Crippen molar-refractivity contribution in [3.63, 3.8) is 0 Å². The van der Waals surface area contributed by atoms with E-state index in [-0.39, 0.29) is 29.6 Å². The van der Waals surface area contributed by atoms with E-state index in [9.17, 15) is 9.59 Å². The molecule has 1 saturated heterocycles. The van der Waals surface area contributed by atoms with Crippen molar-refractivity contribution in [1.29, 1.82) is 0 Å². The van der Waals surface area contributed by atoms with E-state index in [1.165, 1.54) is 0 Å². The fourth-order valence-electron chi connectivity index (χ4n) is 4.05. The quantitative estimate of drug-likeness (QED) is 0.581. The average Bonchev–Trinajstić information content (AvgIpc) is 3.52. The second kappa shape index (κ2) is 10.0. The van der Waals surface area contributed by atoms with E-state index in [1.807, 2.05) is 17.0 Å². The number of hydrogen-bond acceptors (Lipinski definition) is 6. The molecule has 2 aliphatic rings. The Balaban J connectivity index is 1.86. The Kier molecular flexibility index (Phi) is 7.42. The van der Waals surface area contributed by atoms with Crippen molar-refractivity contribution in [2.45, 2.75) is 25.2 Å². The van der Waals surface area contributed by atoms with Crippen LogP contribution in [0.15, 0.2) is 12.1 Å². The van der Waals surface area contributed by atoms with Gasteiger partial charge in [0.25, 0.3) is 0 Å². The predicted octanol–water partition coefficient (Wildman–Crippen LogP) is 1.82. The molecule has 1 N–H and O–H groups in total. The Morgan fingerprint density at radius 1 is 1.03 bits per heavy atom. The standard InChI is InChI=1S/C22H32N2O6/c1-27-9-5-8-23-21(25)17-13-24(22(26)14-6-7-14)12-16(17)15-10-18(28-2)20(30-4)19(11-15)29-3/h10-11,14,16-17H,5-9,12-13H2,1-4H3,(H,23,25)/t16-,17+/m0/s1. The highest BCUT2D eigenvalue weighted by molar-refractivity contribution is 5.85. The van der Waals surface area contributed by atoms with Crippen LogP contribution in [0.4, 0.5) is 0 Å². The number of rotatable bonds is 10. The van der Waals surface area contributed by atoms with Crippen molar-refractivity contribution in [3.8, 4) is 17.2 Å². The summed E-state index contributed by atoms with van der Waals surface area (Å²) in [5, 5.41) is 3.00. The summed E-state index contributed by atoms with van der Waals surface area (Å²) in [6.45, 7) is 2.06. The largest absolute Gasteiger partial charge is 0.493 e. The summed E-state index contributed by atoms with van der Waals surface area (Å²) in [4.78, 5) is 27.5. The lowest BCUT2D eigenvalue weighted by Crippen LogP contribution is -2.36. The molecule has 0 aromatic heterocycles. The summed E-state index contributed by atoms with van der Waals surface area (Å²) in [5.74, 6) is 1.33. The normalized spacial score (nSPS) is 20.7. The van der Waals surface area contributed by atoms with E-state index in [2.05, 4.69) is 5.32 Å². The summed E-state index contributed by atoms with van der Waals surface area (Å²) in [7, 11) is 6.33. The molecule has 0 spiro atoms. The maximum atomic E-state index is 13.0. The molecule has 30 heavy (non-hydrogen) atoms. The number of likely N-dealkylation sites (tertiary alicyclic amines) is 1. The van der Waals surface area contributed by atoms with Crippen LogP contribution in [0.1, 0.15) is 30.7 Å². The van der Waals surface area contributed by atoms with Gasteiger partial charge in [0.15, 0.2) is 11.5 Å². The molecule has 2 fully saturated rings. The zero-order valence-corrected chi connectivity index (χ0v) is 18.2. The number of nitrogens with one attached hydrogen (secondary N) is 1. The number of hydrogen-bond donors (Lipinski definition) is 1. The maximum Gasteiger partial charge on any atom is 0.225 e. The molecule has 0 bridgehead atoms. The molecular formula is C22H32N2O6. The first-order valence-corrected chi connectivity index (χ1v) is 10.4. The van der Waals surface area contributed by atoms with Crippen molar-refractivity contribution in [3.05, 3.63) is 17.7 Å². The third kappa shape index (κ3) is 4.80. The van der Waals surface area contributed by atoms with Gasteiger partial charge in [0.1, 0.15) is 0 Å². The highest BCUT2D eigenvalue weighted by Gasteiger charge is 2.44. The Hall–Kier alpha value is -2.48. The van der Waals surface area contributed by atoms with E-state index >= 15 is 0 Å². The zero-order chi connectivity index (χ0) is 21.7. The summed E-state index contributed by atoms with van der Waals surface area (Å²) in [6, 6.07) is 3.75. The maximum absolute atomic E-state index is 13.0. The molecule has 2 amide bonds. The van der Waals surface area contributed by atoms with Crippen molar-refractivity contribution >= 4 is 11.8 Å². The van der Waals surface area contributed by atoms with Crippen molar-refractivity contribution in [2.75, 3.05) is 54.7 Å². The van der Waals surface area contributed by atoms with Gasteiger partial charge in [-0.05, 0) is 37.0 Å². The molecule has 0 unspecified atom stereocenters. The van der Waals surface area contributed by atoms with Crippen LogP contribution in [0.3, 0.4) is 0 Å². The fraction of sp³-hybridized carbons (Fsp3) is 0.636. The van der Waals surface area contributed by atoms with E-state index in [0.29, 0.717) is 43.5 Å². The van der Waals surface area contributed by atoms with Gasteiger partial charge in [-0.2, -0.15) is 0 Å². The summed E-state index contributed by atoms with van der Waals surface area (Å²) in [6.07, 6.45) is 2.63. The molecule has 1 saturated carbocycles. The molecule has 2 atom stereocenters. The zero-order valence-electron chi connectivity index (χ0n) is 18.2. The topological polar surface area (TPSA) is 86.3 Å². The van der Waals surface area contributed by atoms with Crippen molar-refractivity contribution in [2.24, 2.45) is 11.8 Å². The van der Waals surface area contributed by atoms with Crippen LogP contribution in [0.25, 0.3) is 0 Å². The van der Waals surface area contributed by atoms with E-state index in [1.54, 1.807) is 28.4 Å². The van der Waals surface area contributed by atoms with Gasteiger partial charge in [-0.3, -0.25) is 9.59 Å². The van der Waals surface area contributed by atoms with E-state index in [4.69, 9.17) is 18.9 Å². The van der Waals surface area contributed by atoms with E-state index in [0.717, 1.165) is 24.8 Å². The monoisotopic (exact) mass is 420 g/mol. The average molecular weight is 421 g/mol. The van der Waals surface area contributed by atoms with Crippen LogP contribution < -0.4 is 19.5 Å². The van der Waals surface area contributed by atoms with Gasteiger partial charge in [0.2, 0.25) is 17.6 Å². The Labute approximate surface area is 177 Å². The second-order valence-corrected chi connectivity index (χ2v) is 7.83. The van der Waals surface area contributed by atoms with Crippen LogP contribution in [-0.4, -0.2) is 71.4 Å².